The molecule has 0 aliphatic carbocycles. The van der Waals surface area contributed by atoms with Gasteiger partial charge in [0.15, 0.2) is 0 Å². The van der Waals surface area contributed by atoms with E-state index in [0.29, 0.717) is 0 Å². The fraction of sp³-hybridized carbons (Fsp3) is 0.0769. The summed E-state index contributed by atoms with van der Waals surface area (Å²) in [5, 5.41) is 0. The number of benzene rings is 2. The summed E-state index contributed by atoms with van der Waals surface area (Å²) in [6.45, 7) is 0. The average Bonchev–Trinajstić information content (AvgIpc) is 2.30. The topological polar surface area (TPSA) is 0 Å². The minimum absolute atomic E-state index is 1.04. The standard InChI is InChI=1S/C13H11IS/c14-12-8-6-11(7-9-12)10-15-13-4-2-1-3-5-13/h1-9H,10H2. The Hall–Kier alpha value is -0.480. The van der Waals surface area contributed by atoms with Crippen LogP contribution in [0.2, 0.25) is 0 Å². The molecule has 2 rings (SSSR count). The van der Waals surface area contributed by atoms with Crippen molar-refractivity contribution in [3.63, 3.8) is 0 Å². The van der Waals surface area contributed by atoms with Crippen molar-refractivity contribution in [2.24, 2.45) is 0 Å². The van der Waals surface area contributed by atoms with E-state index in [1.54, 1.807) is 0 Å². The Morgan fingerprint density at radius 3 is 2.20 bits per heavy atom. The SMILES string of the molecule is Ic1ccc(CSc2ccccc2)cc1. The molecule has 0 aromatic heterocycles. The lowest BCUT2D eigenvalue weighted by atomic mass is 10.2. The molecule has 0 fully saturated rings. The summed E-state index contributed by atoms with van der Waals surface area (Å²) < 4.78 is 1.29. The molecule has 0 heterocycles. The normalized spacial score (nSPS) is 10.2. The van der Waals surface area contributed by atoms with E-state index in [4.69, 9.17) is 0 Å². The van der Waals surface area contributed by atoms with Crippen molar-refractivity contribution in [1.29, 1.82) is 0 Å². The van der Waals surface area contributed by atoms with E-state index < -0.39 is 0 Å². The van der Waals surface area contributed by atoms with Crippen LogP contribution >= 0.6 is 34.4 Å². The van der Waals surface area contributed by atoms with Gasteiger partial charge in [0, 0.05) is 14.2 Å². The zero-order chi connectivity index (χ0) is 10.5. The molecule has 0 radical (unpaired) electrons. The highest BCUT2D eigenvalue weighted by Gasteiger charge is 1.95. The van der Waals surface area contributed by atoms with Gasteiger partial charge >= 0.3 is 0 Å². The van der Waals surface area contributed by atoms with Crippen LogP contribution in [0.1, 0.15) is 5.56 Å². The molecular weight excluding hydrogens is 315 g/mol. The van der Waals surface area contributed by atoms with Gasteiger partial charge in [-0.3, -0.25) is 0 Å². The van der Waals surface area contributed by atoms with Crippen LogP contribution < -0.4 is 0 Å². The first-order chi connectivity index (χ1) is 7.34. The molecule has 2 aromatic rings. The van der Waals surface area contributed by atoms with E-state index in [0.717, 1.165) is 5.75 Å². The third-order valence-electron chi connectivity index (χ3n) is 2.06. The third kappa shape index (κ3) is 3.54. The molecule has 0 N–H and O–H groups in total. The lowest BCUT2D eigenvalue weighted by molar-refractivity contribution is 1.37. The van der Waals surface area contributed by atoms with Crippen LogP contribution in [0.4, 0.5) is 0 Å². The quantitative estimate of drug-likeness (QED) is 0.587. The molecule has 2 aromatic carbocycles. The zero-order valence-corrected chi connectivity index (χ0v) is 11.2. The minimum Gasteiger partial charge on any atom is -0.121 e. The van der Waals surface area contributed by atoms with E-state index in [2.05, 4.69) is 77.2 Å². The summed E-state index contributed by atoms with van der Waals surface area (Å²) in [4.78, 5) is 1.33. The Morgan fingerprint density at radius 2 is 1.53 bits per heavy atom. The van der Waals surface area contributed by atoms with Gasteiger partial charge in [0.1, 0.15) is 0 Å². The molecule has 0 aliphatic rings. The van der Waals surface area contributed by atoms with Crippen molar-refractivity contribution in [2.45, 2.75) is 10.6 Å². The van der Waals surface area contributed by atoms with E-state index in [1.807, 2.05) is 11.8 Å². The molecule has 15 heavy (non-hydrogen) atoms. The van der Waals surface area contributed by atoms with Crippen molar-refractivity contribution in [2.75, 3.05) is 0 Å². The second-order valence-electron chi connectivity index (χ2n) is 3.23. The Labute approximate surface area is 108 Å². The van der Waals surface area contributed by atoms with E-state index >= 15 is 0 Å². The summed E-state index contributed by atoms with van der Waals surface area (Å²) in [5.41, 5.74) is 1.38. The lowest BCUT2D eigenvalue weighted by Crippen LogP contribution is -1.80. The van der Waals surface area contributed by atoms with E-state index in [-0.39, 0.29) is 0 Å². The number of rotatable bonds is 3. The maximum absolute atomic E-state index is 2.33. The zero-order valence-electron chi connectivity index (χ0n) is 8.19. The minimum atomic E-state index is 1.04. The Balaban J connectivity index is 1.96. The second-order valence-corrected chi connectivity index (χ2v) is 5.52. The van der Waals surface area contributed by atoms with Crippen LogP contribution in [0.5, 0.6) is 0 Å². The van der Waals surface area contributed by atoms with Crippen molar-refractivity contribution in [3.8, 4) is 0 Å². The second kappa shape index (κ2) is 5.56. The molecule has 2 heteroatoms. The predicted molar refractivity (Wildman–Crippen MR) is 75.2 cm³/mol. The van der Waals surface area contributed by atoms with Crippen molar-refractivity contribution in [3.05, 3.63) is 63.7 Å². The Bertz CT molecular complexity index is 408. The summed E-state index contributed by atoms with van der Waals surface area (Å²) in [6.07, 6.45) is 0. The highest BCUT2D eigenvalue weighted by atomic mass is 127. The number of hydrogen-bond donors (Lipinski definition) is 0. The smallest absolute Gasteiger partial charge is 0.0232 e. The van der Waals surface area contributed by atoms with Crippen molar-refractivity contribution in [1.82, 2.24) is 0 Å². The maximum Gasteiger partial charge on any atom is 0.0232 e. The monoisotopic (exact) mass is 326 g/mol. The summed E-state index contributed by atoms with van der Waals surface area (Å²) >= 11 is 4.21. The Morgan fingerprint density at radius 1 is 0.867 bits per heavy atom. The van der Waals surface area contributed by atoms with Gasteiger partial charge in [-0.25, -0.2) is 0 Å². The third-order valence-corrected chi connectivity index (χ3v) is 3.86. The first-order valence-electron chi connectivity index (χ1n) is 4.77. The molecule has 0 saturated heterocycles. The maximum atomic E-state index is 2.33. The molecule has 0 atom stereocenters. The number of hydrogen-bond acceptors (Lipinski definition) is 1. The number of thioether (sulfide) groups is 1. The van der Waals surface area contributed by atoms with Crippen LogP contribution in [-0.4, -0.2) is 0 Å². The van der Waals surface area contributed by atoms with Gasteiger partial charge in [-0.2, -0.15) is 0 Å². The highest BCUT2D eigenvalue weighted by Crippen LogP contribution is 2.22. The van der Waals surface area contributed by atoms with Crippen LogP contribution in [-0.2, 0) is 5.75 Å². The summed E-state index contributed by atoms with van der Waals surface area (Å²) in [7, 11) is 0. The molecule has 0 bridgehead atoms. The molecule has 0 unspecified atom stereocenters. The Kier molecular flexibility index (Phi) is 4.09. The molecule has 76 valence electrons. The molecule has 0 amide bonds. The highest BCUT2D eigenvalue weighted by molar-refractivity contribution is 14.1. The predicted octanol–water partition coefficient (Wildman–Crippen LogP) is 4.58. The van der Waals surface area contributed by atoms with Gasteiger partial charge in [-0.1, -0.05) is 30.3 Å². The van der Waals surface area contributed by atoms with Crippen molar-refractivity contribution < 1.29 is 0 Å². The van der Waals surface area contributed by atoms with Crippen molar-refractivity contribution >= 4 is 34.4 Å². The van der Waals surface area contributed by atoms with Gasteiger partial charge < -0.3 is 0 Å². The summed E-state index contributed by atoms with van der Waals surface area (Å²) in [5.74, 6) is 1.04. The number of halogens is 1. The first kappa shape index (κ1) is 11.0. The molecule has 0 spiro atoms. The van der Waals surface area contributed by atoms with E-state index in [9.17, 15) is 0 Å². The van der Waals surface area contributed by atoms with E-state index in [1.165, 1.54) is 14.0 Å². The average molecular weight is 326 g/mol. The van der Waals surface area contributed by atoms with Crippen LogP contribution in [0.25, 0.3) is 0 Å². The summed E-state index contributed by atoms with van der Waals surface area (Å²) in [6, 6.07) is 19.2. The fourth-order valence-corrected chi connectivity index (χ4v) is 2.50. The van der Waals surface area contributed by atoms with Gasteiger partial charge in [0.05, 0.1) is 0 Å². The van der Waals surface area contributed by atoms with Gasteiger partial charge in [-0.05, 0) is 52.4 Å². The molecule has 0 saturated carbocycles. The molecular formula is C13H11IS. The molecule has 0 nitrogen and oxygen atoms in total. The van der Waals surface area contributed by atoms with Crippen LogP contribution in [0.3, 0.4) is 0 Å². The van der Waals surface area contributed by atoms with Gasteiger partial charge in [0.25, 0.3) is 0 Å². The molecule has 0 aliphatic heterocycles. The lowest BCUT2D eigenvalue weighted by Gasteiger charge is -2.01. The van der Waals surface area contributed by atoms with Crippen LogP contribution in [0.15, 0.2) is 59.5 Å². The van der Waals surface area contributed by atoms with Gasteiger partial charge in [0.2, 0.25) is 0 Å². The van der Waals surface area contributed by atoms with Crippen LogP contribution in [0, 0.1) is 3.57 Å². The first-order valence-corrected chi connectivity index (χ1v) is 6.83. The largest absolute Gasteiger partial charge is 0.121 e. The van der Waals surface area contributed by atoms with Gasteiger partial charge in [-0.15, -0.1) is 11.8 Å². The fourth-order valence-electron chi connectivity index (χ4n) is 1.26.